The van der Waals surface area contributed by atoms with Gasteiger partial charge in [0.15, 0.2) is 0 Å². The number of rotatable bonds is 3. The SMILES string of the molecule is Nc1nc(CSc2ccccn2)nc2sc3c(c12)CCCCC3. The number of thioether (sulfide) groups is 1. The van der Waals surface area contributed by atoms with Crippen LogP contribution in [0.1, 0.15) is 35.5 Å². The van der Waals surface area contributed by atoms with Gasteiger partial charge in [0, 0.05) is 11.1 Å². The molecule has 23 heavy (non-hydrogen) atoms. The maximum Gasteiger partial charge on any atom is 0.142 e. The Hall–Kier alpha value is -1.66. The first-order valence-electron chi connectivity index (χ1n) is 7.92. The van der Waals surface area contributed by atoms with Crippen LogP contribution in [0.4, 0.5) is 5.82 Å². The molecule has 0 bridgehead atoms. The zero-order valence-electron chi connectivity index (χ0n) is 12.8. The van der Waals surface area contributed by atoms with E-state index in [9.17, 15) is 0 Å². The maximum atomic E-state index is 6.28. The summed E-state index contributed by atoms with van der Waals surface area (Å²) in [6, 6.07) is 5.91. The van der Waals surface area contributed by atoms with Gasteiger partial charge in [0.25, 0.3) is 0 Å². The van der Waals surface area contributed by atoms with Gasteiger partial charge in [-0.15, -0.1) is 11.3 Å². The van der Waals surface area contributed by atoms with Crippen LogP contribution in [0, 0.1) is 0 Å². The molecule has 0 fully saturated rings. The Balaban J connectivity index is 1.65. The molecule has 4 rings (SSSR count). The first-order valence-corrected chi connectivity index (χ1v) is 9.72. The van der Waals surface area contributed by atoms with Gasteiger partial charge in [-0.2, -0.15) is 0 Å². The number of anilines is 1. The number of fused-ring (bicyclic) bond motifs is 3. The van der Waals surface area contributed by atoms with Crippen molar-refractivity contribution >= 4 is 39.1 Å². The second kappa shape index (κ2) is 6.45. The number of aromatic nitrogens is 3. The van der Waals surface area contributed by atoms with Crippen LogP contribution in [-0.2, 0) is 18.6 Å². The van der Waals surface area contributed by atoms with Crippen LogP contribution in [0.3, 0.4) is 0 Å². The molecule has 0 saturated carbocycles. The molecule has 0 unspecified atom stereocenters. The van der Waals surface area contributed by atoms with E-state index in [0.29, 0.717) is 11.6 Å². The number of thiophene rings is 1. The van der Waals surface area contributed by atoms with E-state index >= 15 is 0 Å². The molecule has 0 amide bonds. The second-order valence-electron chi connectivity index (χ2n) is 5.73. The van der Waals surface area contributed by atoms with Gasteiger partial charge < -0.3 is 5.73 Å². The van der Waals surface area contributed by atoms with Crippen molar-refractivity contribution < 1.29 is 0 Å². The van der Waals surface area contributed by atoms with Crippen molar-refractivity contribution in [2.45, 2.75) is 42.9 Å². The molecule has 4 nitrogen and oxygen atoms in total. The first-order chi connectivity index (χ1) is 11.3. The van der Waals surface area contributed by atoms with Gasteiger partial charge in [-0.3, -0.25) is 0 Å². The third kappa shape index (κ3) is 3.05. The van der Waals surface area contributed by atoms with Crippen molar-refractivity contribution in [1.82, 2.24) is 15.0 Å². The lowest BCUT2D eigenvalue weighted by molar-refractivity contribution is 0.713. The van der Waals surface area contributed by atoms with Crippen molar-refractivity contribution in [2.24, 2.45) is 0 Å². The average molecular weight is 342 g/mol. The molecular formula is C17H18N4S2. The number of nitrogens with zero attached hydrogens (tertiary/aromatic N) is 3. The van der Waals surface area contributed by atoms with Gasteiger partial charge in [0.1, 0.15) is 16.5 Å². The largest absolute Gasteiger partial charge is 0.383 e. The molecular weight excluding hydrogens is 324 g/mol. The summed E-state index contributed by atoms with van der Waals surface area (Å²) in [5.41, 5.74) is 7.68. The fourth-order valence-electron chi connectivity index (χ4n) is 3.04. The van der Waals surface area contributed by atoms with E-state index in [1.807, 2.05) is 29.5 Å². The molecule has 0 spiro atoms. The Kier molecular flexibility index (Phi) is 4.18. The smallest absolute Gasteiger partial charge is 0.142 e. The van der Waals surface area contributed by atoms with Crippen molar-refractivity contribution in [3.8, 4) is 0 Å². The first kappa shape index (κ1) is 14.9. The summed E-state index contributed by atoms with van der Waals surface area (Å²) >= 11 is 3.45. The predicted octanol–water partition coefficient (Wildman–Crippen LogP) is 4.23. The molecule has 3 aromatic heterocycles. The summed E-state index contributed by atoms with van der Waals surface area (Å²) in [6.07, 6.45) is 7.91. The normalized spacial score (nSPS) is 14.6. The third-order valence-corrected chi connectivity index (χ3v) is 6.25. The molecule has 1 aliphatic rings. The van der Waals surface area contributed by atoms with Gasteiger partial charge >= 0.3 is 0 Å². The Bertz CT molecular complexity index is 829. The van der Waals surface area contributed by atoms with Gasteiger partial charge in [0.2, 0.25) is 0 Å². The fraction of sp³-hybridized carbons (Fsp3) is 0.353. The highest BCUT2D eigenvalue weighted by Gasteiger charge is 2.19. The molecule has 0 saturated heterocycles. The molecule has 0 radical (unpaired) electrons. The Morgan fingerprint density at radius 1 is 1.13 bits per heavy atom. The van der Waals surface area contributed by atoms with E-state index < -0.39 is 0 Å². The van der Waals surface area contributed by atoms with E-state index in [2.05, 4.69) is 9.97 Å². The van der Waals surface area contributed by atoms with Crippen molar-refractivity contribution in [3.63, 3.8) is 0 Å². The van der Waals surface area contributed by atoms with E-state index in [1.165, 1.54) is 29.7 Å². The molecule has 2 N–H and O–H groups in total. The molecule has 6 heteroatoms. The van der Waals surface area contributed by atoms with Crippen LogP contribution in [0.25, 0.3) is 10.2 Å². The summed E-state index contributed by atoms with van der Waals surface area (Å²) in [7, 11) is 0. The van der Waals surface area contributed by atoms with Crippen LogP contribution < -0.4 is 5.73 Å². The molecule has 118 valence electrons. The van der Waals surface area contributed by atoms with Gasteiger partial charge in [-0.25, -0.2) is 15.0 Å². The average Bonchev–Trinajstić information content (AvgIpc) is 2.76. The third-order valence-electron chi connectivity index (χ3n) is 4.13. The Morgan fingerprint density at radius 2 is 2.04 bits per heavy atom. The lowest BCUT2D eigenvalue weighted by Gasteiger charge is -2.04. The monoisotopic (exact) mass is 342 g/mol. The van der Waals surface area contributed by atoms with E-state index in [1.54, 1.807) is 18.0 Å². The summed E-state index contributed by atoms with van der Waals surface area (Å²) in [4.78, 5) is 16.2. The number of nitrogens with two attached hydrogens (primary N) is 1. The molecule has 0 aliphatic heterocycles. The lowest BCUT2D eigenvalue weighted by Crippen LogP contribution is -2.00. The number of aryl methyl sites for hydroxylation is 2. The van der Waals surface area contributed by atoms with Crippen LogP contribution in [0.15, 0.2) is 29.4 Å². The summed E-state index contributed by atoms with van der Waals surface area (Å²) in [5, 5.41) is 2.09. The molecule has 0 atom stereocenters. The van der Waals surface area contributed by atoms with Crippen LogP contribution in [-0.4, -0.2) is 15.0 Å². The molecule has 1 aliphatic carbocycles. The second-order valence-corrected chi connectivity index (χ2v) is 7.81. The zero-order chi connectivity index (χ0) is 15.6. The molecule has 0 aromatic carbocycles. The standard InChI is InChI=1S/C17H18N4S2/c18-16-15-11-6-2-1-3-7-12(11)23-17(15)21-13(20-16)10-22-14-8-4-5-9-19-14/h4-5,8-9H,1-3,6-7,10H2,(H2,18,20,21). The number of nitrogen functional groups attached to an aromatic ring is 1. The molecule has 3 heterocycles. The topological polar surface area (TPSA) is 64.7 Å². The van der Waals surface area contributed by atoms with Gasteiger partial charge in [0.05, 0.1) is 16.2 Å². The lowest BCUT2D eigenvalue weighted by atomic mass is 10.1. The number of hydrogen-bond acceptors (Lipinski definition) is 6. The Morgan fingerprint density at radius 3 is 2.91 bits per heavy atom. The van der Waals surface area contributed by atoms with E-state index in [-0.39, 0.29) is 0 Å². The highest BCUT2D eigenvalue weighted by Crippen LogP contribution is 2.37. The fourth-order valence-corrected chi connectivity index (χ4v) is 5.05. The van der Waals surface area contributed by atoms with Gasteiger partial charge in [-0.05, 0) is 43.4 Å². The van der Waals surface area contributed by atoms with Crippen LogP contribution >= 0.6 is 23.1 Å². The summed E-state index contributed by atoms with van der Waals surface area (Å²) < 4.78 is 0. The summed E-state index contributed by atoms with van der Waals surface area (Å²) in [5.74, 6) is 2.13. The van der Waals surface area contributed by atoms with Crippen molar-refractivity contribution in [3.05, 3.63) is 40.7 Å². The maximum absolute atomic E-state index is 6.28. The van der Waals surface area contributed by atoms with E-state index in [0.717, 1.165) is 33.9 Å². The minimum atomic E-state index is 0.644. The predicted molar refractivity (Wildman–Crippen MR) is 96.9 cm³/mol. The van der Waals surface area contributed by atoms with Crippen LogP contribution in [0.5, 0.6) is 0 Å². The highest BCUT2D eigenvalue weighted by molar-refractivity contribution is 7.98. The minimum Gasteiger partial charge on any atom is -0.383 e. The molecule has 3 aromatic rings. The van der Waals surface area contributed by atoms with Gasteiger partial charge in [-0.1, -0.05) is 24.2 Å². The highest BCUT2D eigenvalue weighted by atomic mass is 32.2. The quantitative estimate of drug-likeness (QED) is 0.570. The van der Waals surface area contributed by atoms with Crippen molar-refractivity contribution in [1.29, 1.82) is 0 Å². The zero-order valence-corrected chi connectivity index (χ0v) is 14.4. The Labute approximate surface area is 143 Å². The number of hydrogen-bond donors (Lipinski definition) is 1. The summed E-state index contributed by atoms with van der Waals surface area (Å²) in [6.45, 7) is 0. The minimum absolute atomic E-state index is 0.644. The van der Waals surface area contributed by atoms with Crippen LogP contribution in [0.2, 0.25) is 0 Å². The van der Waals surface area contributed by atoms with Crippen molar-refractivity contribution in [2.75, 3.05) is 5.73 Å². The number of pyridine rings is 1. The van der Waals surface area contributed by atoms with E-state index in [4.69, 9.17) is 10.7 Å².